The molecule has 3 N–H and O–H groups in total. The quantitative estimate of drug-likeness (QED) is 0.564. The van der Waals surface area contributed by atoms with E-state index in [2.05, 4.69) is 5.32 Å². The van der Waals surface area contributed by atoms with Gasteiger partial charge in [0, 0.05) is 25.3 Å². The van der Waals surface area contributed by atoms with Crippen LogP contribution in [0.5, 0.6) is 0 Å². The minimum absolute atomic E-state index is 0.0413. The first-order valence-electron chi connectivity index (χ1n) is 10.4. The van der Waals surface area contributed by atoms with Crippen molar-refractivity contribution < 1.29 is 40.7 Å². The Morgan fingerprint density at radius 2 is 1.82 bits per heavy atom. The topological polar surface area (TPSA) is 87.9 Å². The number of alkyl halides is 6. The first-order valence-corrected chi connectivity index (χ1v) is 10.4. The fourth-order valence-corrected chi connectivity index (χ4v) is 3.59. The van der Waals surface area contributed by atoms with E-state index in [-0.39, 0.29) is 32.0 Å². The summed E-state index contributed by atoms with van der Waals surface area (Å²) in [6, 6.07) is 1.36. The van der Waals surface area contributed by atoms with Gasteiger partial charge in [0.1, 0.15) is 12.6 Å². The third-order valence-corrected chi connectivity index (χ3v) is 4.89. The van der Waals surface area contributed by atoms with Gasteiger partial charge in [-0.3, -0.25) is 14.5 Å². The van der Waals surface area contributed by atoms with Crippen LogP contribution in [0.1, 0.15) is 26.3 Å². The number of ether oxygens (including phenoxy) is 1. The van der Waals surface area contributed by atoms with Gasteiger partial charge < -0.3 is 20.7 Å². The largest absolute Gasteiger partial charge is 0.418 e. The van der Waals surface area contributed by atoms with E-state index in [0.29, 0.717) is 6.07 Å². The van der Waals surface area contributed by atoms with E-state index in [1.165, 1.54) is 6.07 Å². The number of halogens is 6. The molecule has 2 rings (SSSR count). The highest BCUT2D eigenvalue weighted by molar-refractivity contribution is 5.98. The lowest BCUT2D eigenvalue weighted by molar-refractivity contribution is -0.156. The molecule has 192 valence electrons. The molecule has 1 heterocycles. The molecule has 1 atom stereocenters. The van der Waals surface area contributed by atoms with Gasteiger partial charge >= 0.3 is 12.4 Å². The van der Waals surface area contributed by atoms with Crippen LogP contribution in [0, 0.1) is 5.41 Å². The van der Waals surface area contributed by atoms with Gasteiger partial charge in [-0.1, -0.05) is 20.8 Å². The van der Waals surface area contributed by atoms with E-state index < -0.39 is 60.0 Å². The van der Waals surface area contributed by atoms with Crippen molar-refractivity contribution in [2.75, 3.05) is 49.6 Å². The molecular weight excluding hydrogens is 470 g/mol. The van der Waals surface area contributed by atoms with Crippen molar-refractivity contribution in [3.63, 3.8) is 0 Å². The Balaban J connectivity index is 2.36. The van der Waals surface area contributed by atoms with Crippen molar-refractivity contribution in [3.05, 3.63) is 23.8 Å². The molecule has 0 unspecified atom stereocenters. The average Bonchev–Trinajstić information content (AvgIpc) is 2.66. The Labute approximate surface area is 193 Å². The number of anilines is 2. The van der Waals surface area contributed by atoms with Crippen molar-refractivity contribution in [2.24, 2.45) is 11.1 Å². The van der Waals surface area contributed by atoms with E-state index in [1.807, 2.05) is 0 Å². The van der Waals surface area contributed by atoms with Crippen molar-refractivity contribution in [1.82, 2.24) is 4.90 Å². The second kappa shape index (κ2) is 10.5. The summed E-state index contributed by atoms with van der Waals surface area (Å²) >= 11 is 0. The Bertz CT molecular complexity index is 867. The number of morpholine rings is 1. The molecule has 1 fully saturated rings. The highest BCUT2D eigenvalue weighted by Crippen LogP contribution is 2.38. The van der Waals surface area contributed by atoms with Crippen LogP contribution in [0.2, 0.25) is 0 Å². The smallest absolute Gasteiger partial charge is 0.370 e. The standard InChI is InChI=1S/C21H28F6N4O3/c1-19(2,3)11-30(12-20(22,23)24)16(9-28)18(33)29-15-5-4-13(8-14(15)21(25,26)27)31-6-7-34-10-17(31)32/h4-5,8,16H,6-7,9-12,28H2,1-3H3,(H,29,33)/t16-/m0/s1. The normalized spacial score (nSPS) is 16.7. The summed E-state index contributed by atoms with van der Waals surface area (Å²) in [5.74, 6) is -1.62. The molecule has 2 amide bonds. The average molecular weight is 498 g/mol. The highest BCUT2D eigenvalue weighted by Gasteiger charge is 2.39. The van der Waals surface area contributed by atoms with Crippen LogP contribution in [0.3, 0.4) is 0 Å². The fourth-order valence-electron chi connectivity index (χ4n) is 3.59. The van der Waals surface area contributed by atoms with Crippen LogP contribution in [-0.2, 0) is 20.5 Å². The molecule has 1 saturated heterocycles. The SMILES string of the molecule is CC(C)(C)CN(CC(F)(F)F)[C@@H](CN)C(=O)Nc1ccc(N2CCOCC2=O)cc1C(F)(F)F. The Hall–Kier alpha value is -2.38. The summed E-state index contributed by atoms with van der Waals surface area (Å²) in [6.45, 7) is 2.74. The third-order valence-electron chi connectivity index (χ3n) is 4.89. The molecule has 1 aromatic carbocycles. The minimum atomic E-state index is -4.91. The van der Waals surface area contributed by atoms with Gasteiger partial charge in [0.15, 0.2) is 0 Å². The number of rotatable bonds is 7. The monoisotopic (exact) mass is 498 g/mol. The molecule has 34 heavy (non-hydrogen) atoms. The van der Waals surface area contributed by atoms with E-state index in [1.54, 1.807) is 20.8 Å². The zero-order valence-electron chi connectivity index (χ0n) is 19.0. The summed E-state index contributed by atoms with van der Waals surface area (Å²) in [6.07, 6.45) is -9.56. The second-order valence-corrected chi connectivity index (χ2v) is 9.15. The lowest BCUT2D eigenvalue weighted by Crippen LogP contribution is -2.54. The zero-order valence-corrected chi connectivity index (χ0v) is 19.0. The fraction of sp³-hybridized carbons (Fsp3) is 0.619. The molecule has 0 aliphatic carbocycles. The number of carbonyl (C=O) groups excluding carboxylic acids is 2. The number of amides is 2. The van der Waals surface area contributed by atoms with Gasteiger partial charge in [0.2, 0.25) is 5.91 Å². The summed E-state index contributed by atoms with van der Waals surface area (Å²) in [5, 5.41) is 2.09. The Morgan fingerprint density at radius 1 is 1.18 bits per heavy atom. The van der Waals surface area contributed by atoms with Crippen LogP contribution in [0.25, 0.3) is 0 Å². The van der Waals surface area contributed by atoms with E-state index in [0.717, 1.165) is 15.9 Å². The molecule has 0 saturated carbocycles. The number of benzene rings is 1. The Morgan fingerprint density at radius 3 is 2.32 bits per heavy atom. The first kappa shape index (κ1) is 27.9. The summed E-state index contributed by atoms with van der Waals surface area (Å²) in [4.78, 5) is 26.7. The molecule has 13 heteroatoms. The highest BCUT2D eigenvalue weighted by atomic mass is 19.4. The molecule has 7 nitrogen and oxygen atoms in total. The Kier molecular flexibility index (Phi) is 8.59. The summed E-state index contributed by atoms with van der Waals surface area (Å²) in [5.41, 5.74) is 2.99. The molecule has 0 spiro atoms. The number of hydrogen-bond acceptors (Lipinski definition) is 5. The lowest BCUT2D eigenvalue weighted by Gasteiger charge is -2.35. The second-order valence-electron chi connectivity index (χ2n) is 9.15. The van der Waals surface area contributed by atoms with Gasteiger partial charge in [-0.25, -0.2) is 0 Å². The predicted octanol–water partition coefficient (Wildman–Crippen LogP) is 3.24. The van der Waals surface area contributed by atoms with Gasteiger partial charge in [-0.2, -0.15) is 26.3 Å². The number of carbonyl (C=O) groups is 2. The number of nitrogens with two attached hydrogens (primary N) is 1. The van der Waals surface area contributed by atoms with Crippen molar-refractivity contribution >= 4 is 23.2 Å². The molecule has 0 bridgehead atoms. The van der Waals surface area contributed by atoms with Gasteiger partial charge in [-0.15, -0.1) is 0 Å². The number of nitrogens with zero attached hydrogens (tertiary/aromatic N) is 2. The summed E-state index contributed by atoms with van der Waals surface area (Å²) < 4.78 is 85.7. The molecule has 1 aliphatic rings. The maximum Gasteiger partial charge on any atom is 0.418 e. The van der Waals surface area contributed by atoms with Gasteiger partial charge in [0.25, 0.3) is 5.91 Å². The lowest BCUT2D eigenvalue weighted by atomic mass is 9.95. The van der Waals surface area contributed by atoms with E-state index in [9.17, 15) is 35.9 Å². The van der Waals surface area contributed by atoms with Crippen molar-refractivity contribution in [2.45, 2.75) is 39.2 Å². The predicted molar refractivity (Wildman–Crippen MR) is 113 cm³/mol. The van der Waals surface area contributed by atoms with Crippen molar-refractivity contribution in [1.29, 1.82) is 0 Å². The number of hydrogen-bond donors (Lipinski definition) is 2. The molecule has 0 radical (unpaired) electrons. The van der Waals surface area contributed by atoms with E-state index >= 15 is 0 Å². The van der Waals surface area contributed by atoms with Gasteiger partial charge in [0.05, 0.1) is 24.4 Å². The third kappa shape index (κ3) is 7.84. The molecule has 0 aromatic heterocycles. The zero-order chi connectivity index (χ0) is 25.9. The van der Waals surface area contributed by atoms with Crippen LogP contribution in [-0.4, -0.2) is 68.3 Å². The maximum atomic E-state index is 13.8. The van der Waals surface area contributed by atoms with Crippen LogP contribution >= 0.6 is 0 Å². The minimum Gasteiger partial charge on any atom is -0.370 e. The number of nitrogens with one attached hydrogen (secondary N) is 1. The maximum absolute atomic E-state index is 13.8. The van der Waals surface area contributed by atoms with Crippen LogP contribution in [0.15, 0.2) is 18.2 Å². The summed E-state index contributed by atoms with van der Waals surface area (Å²) in [7, 11) is 0. The van der Waals surface area contributed by atoms with E-state index in [4.69, 9.17) is 10.5 Å². The van der Waals surface area contributed by atoms with Crippen molar-refractivity contribution in [3.8, 4) is 0 Å². The van der Waals surface area contributed by atoms with Crippen LogP contribution in [0.4, 0.5) is 37.7 Å². The molecule has 1 aromatic rings. The molecular formula is C21H28F6N4O3. The first-order chi connectivity index (χ1) is 15.5. The van der Waals surface area contributed by atoms with Gasteiger partial charge in [-0.05, 0) is 23.6 Å². The van der Waals surface area contributed by atoms with Crippen LogP contribution < -0.4 is 16.0 Å². The molecule has 1 aliphatic heterocycles.